The summed E-state index contributed by atoms with van der Waals surface area (Å²) in [6.45, 7) is 8.18. The van der Waals surface area contributed by atoms with E-state index in [1.165, 1.54) is 29.2 Å². The number of aryl methyl sites for hydroxylation is 2. The second-order valence-electron chi connectivity index (χ2n) is 5.94. The zero-order valence-corrected chi connectivity index (χ0v) is 17.1. The SMILES string of the molecule is CCn1c(S[C@H](C)C(=O)Nc2nc(C)c(C)s2)nnc1-c1ccccc1F. The summed E-state index contributed by atoms with van der Waals surface area (Å²) in [6.07, 6.45) is 0. The van der Waals surface area contributed by atoms with Crippen LogP contribution in [0.1, 0.15) is 24.4 Å². The fraction of sp³-hybridized carbons (Fsp3) is 0.333. The van der Waals surface area contributed by atoms with Crippen molar-refractivity contribution in [3.63, 3.8) is 0 Å². The minimum atomic E-state index is -0.405. The highest BCUT2D eigenvalue weighted by Gasteiger charge is 2.22. The van der Waals surface area contributed by atoms with Crippen molar-refractivity contribution in [1.29, 1.82) is 0 Å². The normalized spacial score (nSPS) is 12.2. The summed E-state index contributed by atoms with van der Waals surface area (Å²) >= 11 is 2.74. The van der Waals surface area contributed by atoms with Gasteiger partial charge in [-0.2, -0.15) is 0 Å². The van der Waals surface area contributed by atoms with Gasteiger partial charge in [0.25, 0.3) is 0 Å². The molecule has 27 heavy (non-hydrogen) atoms. The minimum Gasteiger partial charge on any atom is -0.302 e. The second-order valence-corrected chi connectivity index (χ2v) is 8.45. The Morgan fingerprint density at radius 3 is 2.70 bits per heavy atom. The quantitative estimate of drug-likeness (QED) is 0.619. The molecule has 0 radical (unpaired) electrons. The number of nitrogens with zero attached hydrogens (tertiary/aromatic N) is 4. The Balaban J connectivity index is 1.77. The van der Waals surface area contributed by atoms with E-state index in [0.717, 1.165) is 10.6 Å². The number of hydrogen-bond acceptors (Lipinski definition) is 6. The third-order valence-electron chi connectivity index (χ3n) is 4.06. The van der Waals surface area contributed by atoms with Gasteiger partial charge in [-0.15, -0.1) is 21.5 Å². The van der Waals surface area contributed by atoms with E-state index in [2.05, 4.69) is 20.5 Å². The van der Waals surface area contributed by atoms with E-state index in [1.807, 2.05) is 25.3 Å². The van der Waals surface area contributed by atoms with Crippen molar-refractivity contribution in [2.75, 3.05) is 5.32 Å². The predicted molar refractivity (Wildman–Crippen MR) is 107 cm³/mol. The molecule has 1 N–H and O–H groups in total. The van der Waals surface area contributed by atoms with E-state index in [0.29, 0.717) is 28.2 Å². The summed E-state index contributed by atoms with van der Waals surface area (Å²) in [5, 5.41) is 11.9. The molecule has 1 amide bonds. The van der Waals surface area contributed by atoms with Crippen molar-refractivity contribution in [2.45, 2.75) is 44.6 Å². The van der Waals surface area contributed by atoms with Gasteiger partial charge in [0.05, 0.1) is 16.5 Å². The van der Waals surface area contributed by atoms with E-state index in [9.17, 15) is 9.18 Å². The first-order valence-electron chi connectivity index (χ1n) is 8.50. The number of rotatable bonds is 6. The Morgan fingerprint density at radius 2 is 2.07 bits per heavy atom. The highest BCUT2D eigenvalue weighted by molar-refractivity contribution is 8.00. The number of nitrogens with one attached hydrogen (secondary N) is 1. The summed E-state index contributed by atoms with van der Waals surface area (Å²) < 4.78 is 15.9. The largest absolute Gasteiger partial charge is 0.302 e. The summed E-state index contributed by atoms with van der Waals surface area (Å²) in [7, 11) is 0. The smallest absolute Gasteiger partial charge is 0.239 e. The first-order valence-corrected chi connectivity index (χ1v) is 10.2. The molecule has 0 fully saturated rings. The molecule has 0 aliphatic carbocycles. The van der Waals surface area contributed by atoms with Crippen LogP contribution in [0.25, 0.3) is 11.4 Å². The number of thioether (sulfide) groups is 1. The van der Waals surface area contributed by atoms with Crippen molar-refractivity contribution in [3.8, 4) is 11.4 Å². The van der Waals surface area contributed by atoms with Gasteiger partial charge in [-0.05, 0) is 39.8 Å². The van der Waals surface area contributed by atoms with Crippen molar-refractivity contribution < 1.29 is 9.18 Å². The number of anilines is 1. The molecule has 9 heteroatoms. The lowest BCUT2D eigenvalue weighted by Gasteiger charge is -2.12. The molecule has 3 rings (SSSR count). The van der Waals surface area contributed by atoms with Crippen LogP contribution in [0, 0.1) is 19.7 Å². The van der Waals surface area contributed by atoms with Gasteiger partial charge in [0.15, 0.2) is 16.1 Å². The maximum absolute atomic E-state index is 14.1. The first kappa shape index (κ1) is 19.5. The summed E-state index contributed by atoms with van der Waals surface area (Å²) in [5.74, 6) is -0.0554. The number of hydrogen-bond donors (Lipinski definition) is 1. The second kappa shape index (κ2) is 8.18. The Bertz CT molecular complexity index is 949. The first-order chi connectivity index (χ1) is 12.9. The molecule has 142 valence electrons. The Hall–Kier alpha value is -2.26. The van der Waals surface area contributed by atoms with Crippen molar-refractivity contribution in [2.24, 2.45) is 0 Å². The molecule has 0 saturated carbocycles. The fourth-order valence-electron chi connectivity index (χ4n) is 2.45. The van der Waals surface area contributed by atoms with Gasteiger partial charge >= 0.3 is 0 Å². The maximum atomic E-state index is 14.1. The highest BCUT2D eigenvalue weighted by atomic mass is 32.2. The molecule has 0 unspecified atom stereocenters. The van der Waals surface area contributed by atoms with E-state index in [4.69, 9.17) is 0 Å². The number of aromatic nitrogens is 4. The maximum Gasteiger partial charge on any atom is 0.239 e. The van der Waals surface area contributed by atoms with Gasteiger partial charge in [0.2, 0.25) is 5.91 Å². The van der Waals surface area contributed by atoms with E-state index in [1.54, 1.807) is 25.1 Å². The average molecular weight is 406 g/mol. The van der Waals surface area contributed by atoms with E-state index in [-0.39, 0.29) is 11.7 Å². The van der Waals surface area contributed by atoms with Gasteiger partial charge < -0.3 is 9.88 Å². The molecule has 3 aromatic rings. The van der Waals surface area contributed by atoms with Crippen LogP contribution in [0.4, 0.5) is 9.52 Å². The summed E-state index contributed by atoms with van der Waals surface area (Å²) in [6, 6.07) is 6.46. The topological polar surface area (TPSA) is 72.7 Å². The minimum absolute atomic E-state index is 0.160. The van der Waals surface area contributed by atoms with E-state index < -0.39 is 5.25 Å². The van der Waals surface area contributed by atoms with E-state index >= 15 is 0 Å². The molecule has 0 aliphatic rings. The fourth-order valence-corrected chi connectivity index (χ4v) is 4.18. The molecule has 0 spiro atoms. The number of amides is 1. The van der Waals surface area contributed by atoms with Gasteiger partial charge in [-0.3, -0.25) is 4.79 Å². The molecule has 1 atom stereocenters. The number of carbonyl (C=O) groups excluding carboxylic acids is 1. The van der Waals surface area contributed by atoms with Crippen LogP contribution in [-0.4, -0.2) is 30.9 Å². The Labute approximate surface area is 165 Å². The monoisotopic (exact) mass is 405 g/mol. The molecule has 1 aromatic carbocycles. The lowest BCUT2D eigenvalue weighted by atomic mass is 10.2. The summed E-state index contributed by atoms with van der Waals surface area (Å²) in [4.78, 5) is 17.9. The zero-order chi connectivity index (χ0) is 19.6. The van der Waals surface area contributed by atoms with Crippen LogP contribution in [0.5, 0.6) is 0 Å². The molecule has 0 saturated heterocycles. The Kier molecular flexibility index (Phi) is 5.91. The Morgan fingerprint density at radius 1 is 1.33 bits per heavy atom. The third kappa shape index (κ3) is 4.19. The van der Waals surface area contributed by atoms with Gasteiger partial charge in [-0.1, -0.05) is 23.9 Å². The lowest BCUT2D eigenvalue weighted by Crippen LogP contribution is -2.22. The van der Waals surface area contributed by atoms with Gasteiger partial charge in [0.1, 0.15) is 5.82 Å². The van der Waals surface area contributed by atoms with Crippen LogP contribution in [-0.2, 0) is 11.3 Å². The number of thiazole rings is 1. The molecule has 2 heterocycles. The van der Waals surface area contributed by atoms with Crippen LogP contribution >= 0.6 is 23.1 Å². The molecule has 6 nitrogen and oxygen atoms in total. The van der Waals surface area contributed by atoms with Crippen LogP contribution in [0.15, 0.2) is 29.4 Å². The van der Waals surface area contributed by atoms with Gasteiger partial charge in [0, 0.05) is 11.4 Å². The number of benzene rings is 1. The van der Waals surface area contributed by atoms with Crippen molar-refractivity contribution in [3.05, 3.63) is 40.7 Å². The van der Waals surface area contributed by atoms with Crippen molar-refractivity contribution in [1.82, 2.24) is 19.7 Å². The number of carbonyl (C=O) groups is 1. The molecular weight excluding hydrogens is 385 g/mol. The van der Waals surface area contributed by atoms with Crippen LogP contribution < -0.4 is 5.32 Å². The zero-order valence-electron chi connectivity index (χ0n) is 15.5. The molecule has 0 bridgehead atoms. The van der Waals surface area contributed by atoms with Crippen molar-refractivity contribution >= 4 is 34.1 Å². The number of halogens is 1. The average Bonchev–Trinajstić information content (AvgIpc) is 3.17. The summed E-state index contributed by atoms with van der Waals surface area (Å²) in [5.41, 5.74) is 1.31. The molecule has 0 aliphatic heterocycles. The third-order valence-corrected chi connectivity index (χ3v) is 6.13. The van der Waals surface area contributed by atoms with Gasteiger partial charge in [-0.25, -0.2) is 9.37 Å². The van der Waals surface area contributed by atoms with Crippen LogP contribution in [0.3, 0.4) is 0 Å². The highest BCUT2D eigenvalue weighted by Crippen LogP contribution is 2.29. The standard InChI is InChI=1S/C18H20FN5OS2/c1-5-24-15(13-8-6-7-9-14(13)19)22-23-18(24)27-12(4)16(25)21-17-20-10(2)11(3)26-17/h6-9,12H,5H2,1-4H3,(H,20,21,25)/t12-/m1/s1. The van der Waals surface area contributed by atoms with Crippen LogP contribution in [0.2, 0.25) is 0 Å². The molecular formula is C18H20FN5OS2. The predicted octanol–water partition coefficient (Wildman–Crippen LogP) is 4.30. The molecule has 2 aromatic heterocycles. The lowest BCUT2D eigenvalue weighted by molar-refractivity contribution is -0.115.